The highest BCUT2D eigenvalue weighted by atomic mass is 35.5. The van der Waals surface area contributed by atoms with E-state index in [1.165, 1.54) is 30.2 Å². The van der Waals surface area contributed by atoms with Crippen molar-refractivity contribution < 1.29 is 29.5 Å². The number of phenols is 1. The van der Waals surface area contributed by atoms with Crippen LogP contribution in [0.5, 0.6) is 11.5 Å². The van der Waals surface area contributed by atoms with Gasteiger partial charge in [-0.25, -0.2) is 0 Å². The Morgan fingerprint density at radius 2 is 1.84 bits per heavy atom. The molecule has 0 aliphatic carbocycles. The molecule has 1 aliphatic heterocycles. The van der Waals surface area contributed by atoms with Gasteiger partial charge in [-0.2, -0.15) is 0 Å². The van der Waals surface area contributed by atoms with Gasteiger partial charge in [0.05, 0.1) is 33.7 Å². The second-order valence-corrected chi connectivity index (χ2v) is 7.79. The minimum atomic E-state index is -1.12. The van der Waals surface area contributed by atoms with Crippen molar-refractivity contribution in [3.63, 3.8) is 0 Å². The third-order valence-electron chi connectivity index (χ3n) is 4.99. The van der Waals surface area contributed by atoms with Gasteiger partial charge in [-0.1, -0.05) is 36.2 Å². The molecule has 9 nitrogen and oxygen atoms in total. The van der Waals surface area contributed by atoms with Crippen LogP contribution in [0, 0.1) is 10.1 Å². The Hall–Kier alpha value is -3.30. The summed E-state index contributed by atoms with van der Waals surface area (Å²) in [5, 5.41) is 32.2. The molecular weight excluding hydrogens is 463 g/mol. The minimum Gasteiger partial charge on any atom is -0.507 e. The van der Waals surface area contributed by atoms with Gasteiger partial charge in [-0.05, 0) is 30.2 Å². The van der Waals surface area contributed by atoms with Crippen LogP contribution in [0.4, 0.5) is 5.69 Å². The van der Waals surface area contributed by atoms with Crippen LogP contribution >= 0.6 is 23.2 Å². The fraction of sp³-hybridized carbons (Fsp3) is 0.238. The molecule has 11 heteroatoms. The number of hydrogen-bond acceptors (Lipinski definition) is 7. The number of halogens is 2. The number of ether oxygens (including phenoxy) is 1. The Morgan fingerprint density at radius 1 is 1.22 bits per heavy atom. The van der Waals surface area contributed by atoms with E-state index in [4.69, 9.17) is 27.9 Å². The molecule has 1 amide bonds. The molecule has 0 saturated carbocycles. The zero-order valence-corrected chi connectivity index (χ0v) is 18.5. The molecule has 0 spiro atoms. The molecular formula is C21H18Cl2N2O7. The van der Waals surface area contributed by atoms with Gasteiger partial charge < -0.3 is 19.8 Å². The molecule has 2 N–H and O–H groups in total. The zero-order valence-electron chi connectivity index (χ0n) is 17.0. The molecule has 2 aromatic carbocycles. The van der Waals surface area contributed by atoms with E-state index in [1.54, 1.807) is 6.92 Å². The van der Waals surface area contributed by atoms with E-state index in [-0.39, 0.29) is 39.0 Å². The molecule has 1 fully saturated rings. The van der Waals surface area contributed by atoms with Gasteiger partial charge in [0.15, 0.2) is 11.5 Å². The summed E-state index contributed by atoms with van der Waals surface area (Å²) in [4.78, 5) is 37.3. The number of carbonyl (C=O) groups excluding carboxylic acids is 2. The van der Waals surface area contributed by atoms with Crippen molar-refractivity contribution in [2.75, 3.05) is 13.7 Å². The second kappa shape index (κ2) is 9.05. The molecule has 0 bridgehead atoms. The largest absolute Gasteiger partial charge is 0.507 e. The molecule has 1 unspecified atom stereocenters. The van der Waals surface area contributed by atoms with Gasteiger partial charge >= 0.3 is 5.69 Å². The first kappa shape index (κ1) is 23.4. The first-order chi connectivity index (χ1) is 15.1. The highest BCUT2D eigenvalue weighted by molar-refractivity contribution is 6.46. The average molecular weight is 481 g/mol. The van der Waals surface area contributed by atoms with E-state index in [1.807, 2.05) is 0 Å². The molecule has 32 heavy (non-hydrogen) atoms. The lowest BCUT2D eigenvalue weighted by molar-refractivity contribution is -0.385. The predicted molar refractivity (Wildman–Crippen MR) is 117 cm³/mol. The summed E-state index contributed by atoms with van der Waals surface area (Å²) >= 11 is 12.3. The number of phenolic OH excluding ortho intramolecular Hbond substituents is 1. The summed E-state index contributed by atoms with van der Waals surface area (Å²) in [6.07, 6.45) is 0.490. The van der Waals surface area contributed by atoms with Crippen molar-refractivity contribution in [3.8, 4) is 11.5 Å². The minimum absolute atomic E-state index is 0.0635. The number of nitrogens with zero attached hydrogens (tertiary/aromatic N) is 2. The Labute approximate surface area is 192 Å². The van der Waals surface area contributed by atoms with Crippen LogP contribution in [-0.2, 0) is 9.59 Å². The van der Waals surface area contributed by atoms with Crippen molar-refractivity contribution in [3.05, 3.63) is 67.2 Å². The lowest BCUT2D eigenvalue weighted by Gasteiger charge is -2.24. The topological polar surface area (TPSA) is 130 Å². The summed E-state index contributed by atoms with van der Waals surface area (Å²) in [6, 6.07) is 5.05. The number of carbonyl (C=O) groups is 2. The van der Waals surface area contributed by atoms with Crippen molar-refractivity contribution in [2.45, 2.75) is 19.4 Å². The number of nitro benzene ring substituents is 1. The zero-order chi connectivity index (χ0) is 23.7. The monoisotopic (exact) mass is 480 g/mol. The van der Waals surface area contributed by atoms with Crippen molar-refractivity contribution in [1.29, 1.82) is 0 Å². The summed E-state index contributed by atoms with van der Waals surface area (Å²) in [5.74, 6) is -2.77. The number of aliphatic hydroxyl groups is 1. The molecule has 168 valence electrons. The summed E-state index contributed by atoms with van der Waals surface area (Å²) in [5.41, 5.74) is -0.635. The number of amides is 1. The van der Waals surface area contributed by atoms with Gasteiger partial charge in [0.25, 0.3) is 11.7 Å². The van der Waals surface area contributed by atoms with Gasteiger partial charge in [-0.15, -0.1) is 0 Å². The number of aliphatic hydroxyl groups excluding tert-OH is 1. The van der Waals surface area contributed by atoms with Crippen molar-refractivity contribution in [1.82, 2.24) is 4.90 Å². The Bertz CT molecular complexity index is 1140. The Morgan fingerprint density at radius 3 is 2.38 bits per heavy atom. The Kier molecular flexibility index (Phi) is 6.61. The van der Waals surface area contributed by atoms with Gasteiger partial charge in [-0.3, -0.25) is 19.7 Å². The van der Waals surface area contributed by atoms with E-state index in [0.717, 1.165) is 12.1 Å². The molecule has 1 aliphatic rings. The number of likely N-dealkylation sites (tertiary alicyclic amines) is 1. The molecule has 0 aromatic heterocycles. The third-order valence-corrected chi connectivity index (χ3v) is 5.55. The summed E-state index contributed by atoms with van der Waals surface area (Å²) in [6.45, 7) is 1.95. The maximum absolute atomic E-state index is 12.9. The van der Waals surface area contributed by atoms with Gasteiger partial charge in [0.1, 0.15) is 5.76 Å². The van der Waals surface area contributed by atoms with Crippen LogP contribution < -0.4 is 4.74 Å². The van der Waals surface area contributed by atoms with Crippen LogP contribution in [0.25, 0.3) is 5.76 Å². The quantitative estimate of drug-likeness (QED) is 0.205. The van der Waals surface area contributed by atoms with Crippen LogP contribution in [-0.4, -0.2) is 45.4 Å². The average Bonchev–Trinajstić information content (AvgIpc) is 2.98. The lowest BCUT2D eigenvalue weighted by atomic mass is 9.94. The number of rotatable bonds is 6. The van der Waals surface area contributed by atoms with E-state index in [0.29, 0.717) is 6.42 Å². The predicted octanol–water partition coefficient (Wildman–Crippen LogP) is 4.45. The maximum atomic E-state index is 12.9. The van der Waals surface area contributed by atoms with Crippen LogP contribution in [0.1, 0.15) is 30.5 Å². The number of benzene rings is 2. The number of hydrogen-bond donors (Lipinski definition) is 2. The van der Waals surface area contributed by atoms with Gasteiger partial charge in [0.2, 0.25) is 0 Å². The number of aromatic hydroxyl groups is 1. The van der Waals surface area contributed by atoms with Crippen LogP contribution in [0.3, 0.4) is 0 Å². The fourth-order valence-corrected chi connectivity index (χ4v) is 4.24. The number of nitro groups is 1. The first-order valence-corrected chi connectivity index (χ1v) is 10.2. The summed E-state index contributed by atoms with van der Waals surface area (Å²) < 4.78 is 5.08. The highest BCUT2D eigenvalue weighted by Crippen LogP contribution is 2.43. The fourth-order valence-electron chi connectivity index (χ4n) is 3.60. The van der Waals surface area contributed by atoms with E-state index < -0.39 is 39.9 Å². The van der Waals surface area contributed by atoms with E-state index >= 15 is 0 Å². The van der Waals surface area contributed by atoms with Crippen LogP contribution in [0.2, 0.25) is 10.0 Å². The number of Topliss-reactive ketones (excluding diaryl/α,β-unsaturated/α-hetero) is 1. The molecule has 3 rings (SSSR count). The molecule has 1 heterocycles. The van der Waals surface area contributed by atoms with Crippen molar-refractivity contribution >= 4 is 46.3 Å². The van der Waals surface area contributed by atoms with E-state index in [2.05, 4.69) is 0 Å². The highest BCUT2D eigenvalue weighted by Gasteiger charge is 2.46. The standard InChI is InChI=1S/C21H18Cl2N2O7/c1-3-6-24-17(10-4-5-15(26)14(9-10)25(30)31)16(19(28)21(24)29)18(27)11-7-12(22)20(32-2)13(23)8-11/h4-5,7-9,17,26-27H,3,6H2,1-2H3/b18-16+. The normalized spacial score (nSPS) is 17.6. The molecule has 0 radical (unpaired) electrons. The molecule has 1 atom stereocenters. The lowest BCUT2D eigenvalue weighted by Crippen LogP contribution is -2.30. The van der Waals surface area contributed by atoms with Crippen molar-refractivity contribution in [2.24, 2.45) is 0 Å². The van der Waals surface area contributed by atoms with E-state index in [9.17, 15) is 29.9 Å². The number of ketones is 1. The van der Waals surface area contributed by atoms with Crippen LogP contribution in [0.15, 0.2) is 35.9 Å². The molecule has 2 aromatic rings. The SMILES string of the molecule is CCCN1C(=O)C(=O)/C(=C(/O)c2cc(Cl)c(OC)c(Cl)c2)C1c1ccc(O)c([N+](=O)[O-])c1. The maximum Gasteiger partial charge on any atom is 0.311 e. The summed E-state index contributed by atoms with van der Waals surface area (Å²) in [7, 11) is 1.36. The molecule has 1 saturated heterocycles. The first-order valence-electron chi connectivity index (χ1n) is 9.41. The second-order valence-electron chi connectivity index (χ2n) is 6.97. The smallest absolute Gasteiger partial charge is 0.311 e. The Balaban J connectivity index is 2.27. The van der Waals surface area contributed by atoms with Gasteiger partial charge in [0, 0.05) is 18.2 Å². The third kappa shape index (κ3) is 3.96. The number of methoxy groups -OCH3 is 1.